The largest absolute Gasteiger partial charge is 0.501 e. The molecular weight excluding hydrogens is 895 g/mol. The molecule has 0 saturated carbocycles. The van der Waals surface area contributed by atoms with Gasteiger partial charge in [-0.2, -0.15) is 0 Å². The standard InChI is InChI=1S/C31H17N2O2.C19H26NSi.Ir/c1-5-17-27-19(9-1)21-11-7-13-23(29(21)34-27)31-32-24-14-3-4-15-25(24)33(31)26-16-8-12-22-20-10-2-6-18-28(20)35-30(22)26;1-14(2)10-17-12-18(16-9-7-8-15(3)11-16)20-13-19(17)21(4,5)6;/h1-12,14-18H;7-8,11-14H,10H2,1-6H3;/q2*-1;. The van der Waals surface area contributed by atoms with E-state index in [0.717, 1.165) is 89.7 Å². The second kappa shape index (κ2) is 15.4. The minimum absolute atomic E-state index is 0. The van der Waals surface area contributed by atoms with E-state index in [1.165, 1.54) is 16.3 Å². The van der Waals surface area contributed by atoms with Crippen LogP contribution in [-0.4, -0.2) is 22.6 Å². The van der Waals surface area contributed by atoms with E-state index >= 15 is 0 Å². The second-order valence-electron chi connectivity index (χ2n) is 16.1. The van der Waals surface area contributed by atoms with Crippen molar-refractivity contribution in [1.82, 2.24) is 14.5 Å². The van der Waals surface area contributed by atoms with Gasteiger partial charge in [0.15, 0.2) is 5.58 Å². The van der Waals surface area contributed by atoms with Gasteiger partial charge in [-0.25, -0.2) is 0 Å². The number of imidazole rings is 1. The smallest absolute Gasteiger partial charge is 0.158 e. The number of pyridine rings is 1. The first-order valence-electron chi connectivity index (χ1n) is 19.3. The van der Waals surface area contributed by atoms with Gasteiger partial charge in [0.1, 0.15) is 11.2 Å². The molecule has 4 aromatic heterocycles. The quantitative estimate of drug-likeness (QED) is 0.123. The number of hydrogen-bond acceptors (Lipinski definition) is 4. The van der Waals surface area contributed by atoms with Crippen LogP contribution in [0.15, 0.2) is 142 Å². The maximum Gasteiger partial charge on any atom is 0.158 e. The normalized spacial score (nSPS) is 11.8. The van der Waals surface area contributed by atoms with Crippen LogP contribution < -0.4 is 5.19 Å². The second-order valence-corrected chi connectivity index (χ2v) is 21.1. The van der Waals surface area contributed by atoms with Crippen LogP contribution in [-0.2, 0) is 26.5 Å². The third kappa shape index (κ3) is 7.16. The zero-order valence-electron chi connectivity index (χ0n) is 33.0. The number of rotatable bonds is 6. The van der Waals surface area contributed by atoms with E-state index < -0.39 is 8.07 Å². The van der Waals surface area contributed by atoms with Crippen molar-refractivity contribution in [2.75, 3.05) is 0 Å². The zero-order chi connectivity index (χ0) is 38.6. The Kier molecular flexibility index (Phi) is 10.3. The summed E-state index contributed by atoms with van der Waals surface area (Å²) < 4.78 is 14.9. The number of furan rings is 2. The summed E-state index contributed by atoms with van der Waals surface area (Å²) in [6, 6.07) is 50.0. The molecular formula is C50H43IrN3O2Si-2. The first-order chi connectivity index (χ1) is 27.1. The van der Waals surface area contributed by atoms with Crippen LogP contribution in [0.1, 0.15) is 25.0 Å². The van der Waals surface area contributed by atoms with Crippen molar-refractivity contribution >= 4 is 68.2 Å². The van der Waals surface area contributed by atoms with Crippen molar-refractivity contribution in [3.8, 4) is 28.3 Å². The predicted molar refractivity (Wildman–Crippen MR) is 235 cm³/mol. The van der Waals surface area contributed by atoms with Gasteiger partial charge in [-0.05, 0) is 53.6 Å². The number of aromatic nitrogens is 3. The van der Waals surface area contributed by atoms with Gasteiger partial charge in [-0.1, -0.05) is 124 Å². The van der Waals surface area contributed by atoms with Crippen molar-refractivity contribution in [3.05, 3.63) is 157 Å². The molecule has 4 heterocycles. The summed E-state index contributed by atoms with van der Waals surface area (Å²) in [5.74, 6) is 1.43. The SMILES string of the molecule is Cc1cc[c-]c(-c2cc(CC(C)C)c([Si](C)(C)C)cn2)c1.[Ir].[c-]1ccc2c(oc3ccccc32)c1-c1nc2ccccc2n1-c1cccc2c1oc1ccccc12. The van der Waals surface area contributed by atoms with Gasteiger partial charge >= 0.3 is 0 Å². The molecule has 0 unspecified atom stereocenters. The molecule has 0 aliphatic heterocycles. The molecule has 0 atom stereocenters. The third-order valence-corrected chi connectivity index (χ3v) is 12.5. The van der Waals surface area contributed by atoms with Gasteiger partial charge in [-0.15, -0.1) is 53.6 Å². The fourth-order valence-electron chi connectivity index (χ4n) is 7.86. The molecule has 10 aromatic rings. The molecule has 0 N–H and O–H groups in total. The van der Waals surface area contributed by atoms with E-state index in [1.54, 1.807) is 0 Å². The fraction of sp³-hybridized carbons (Fsp3) is 0.160. The maximum atomic E-state index is 6.40. The summed E-state index contributed by atoms with van der Waals surface area (Å²) >= 11 is 0. The van der Waals surface area contributed by atoms with Crippen LogP contribution in [0, 0.1) is 25.0 Å². The number of fused-ring (bicyclic) bond motifs is 7. The summed E-state index contributed by atoms with van der Waals surface area (Å²) in [5.41, 5.74) is 11.9. The molecule has 1 radical (unpaired) electrons. The minimum Gasteiger partial charge on any atom is -0.501 e. The van der Waals surface area contributed by atoms with E-state index in [-0.39, 0.29) is 20.1 Å². The first-order valence-corrected chi connectivity index (χ1v) is 22.8. The number of aryl methyl sites for hydroxylation is 1. The van der Waals surface area contributed by atoms with E-state index in [9.17, 15) is 0 Å². The van der Waals surface area contributed by atoms with Crippen molar-refractivity contribution in [1.29, 1.82) is 0 Å². The van der Waals surface area contributed by atoms with Gasteiger partial charge in [0.25, 0.3) is 0 Å². The Labute approximate surface area is 347 Å². The average Bonchev–Trinajstić information content (AvgIpc) is 3.89. The molecule has 0 aliphatic rings. The number of hydrogen-bond donors (Lipinski definition) is 0. The Morgan fingerprint density at radius 3 is 2.07 bits per heavy atom. The molecule has 0 amide bonds. The van der Waals surface area contributed by atoms with Crippen molar-refractivity contribution in [3.63, 3.8) is 0 Å². The Hall–Kier alpha value is -5.59. The molecule has 0 aliphatic carbocycles. The molecule has 5 nitrogen and oxygen atoms in total. The summed E-state index contributed by atoms with van der Waals surface area (Å²) in [4.78, 5) is 9.80. The first kappa shape index (κ1) is 38.3. The van der Waals surface area contributed by atoms with E-state index in [4.69, 9.17) is 18.8 Å². The Balaban J connectivity index is 0.000000179. The van der Waals surface area contributed by atoms with Crippen LogP contribution in [0.5, 0.6) is 0 Å². The summed E-state index contributed by atoms with van der Waals surface area (Å²) in [6.07, 6.45) is 3.25. The van der Waals surface area contributed by atoms with Gasteiger partial charge in [0, 0.05) is 42.5 Å². The average molecular weight is 938 g/mol. The molecule has 6 aromatic carbocycles. The molecule has 10 rings (SSSR count). The van der Waals surface area contributed by atoms with Crippen molar-refractivity contribution in [2.24, 2.45) is 5.92 Å². The molecule has 7 heteroatoms. The minimum atomic E-state index is -1.35. The molecule has 0 fully saturated rings. The van der Waals surface area contributed by atoms with Gasteiger partial charge in [0.05, 0.1) is 36.2 Å². The number of para-hydroxylation sites is 5. The van der Waals surface area contributed by atoms with Crippen LogP contribution in [0.2, 0.25) is 19.6 Å². The summed E-state index contributed by atoms with van der Waals surface area (Å²) in [7, 11) is -1.35. The van der Waals surface area contributed by atoms with Crippen LogP contribution in [0.25, 0.3) is 83.2 Å². The topological polar surface area (TPSA) is 57.0 Å². The van der Waals surface area contributed by atoms with E-state index in [2.05, 4.69) is 124 Å². The molecule has 0 bridgehead atoms. The van der Waals surface area contributed by atoms with Crippen molar-refractivity contribution in [2.45, 2.75) is 46.8 Å². The van der Waals surface area contributed by atoms with Gasteiger partial charge < -0.3 is 18.4 Å². The van der Waals surface area contributed by atoms with E-state index in [1.807, 2.05) is 66.7 Å². The summed E-state index contributed by atoms with van der Waals surface area (Å²) in [5, 5.41) is 5.80. The molecule has 285 valence electrons. The van der Waals surface area contributed by atoms with E-state index in [0.29, 0.717) is 5.92 Å². The zero-order valence-corrected chi connectivity index (χ0v) is 36.4. The number of benzene rings is 6. The Morgan fingerprint density at radius 2 is 1.35 bits per heavy atom. The molecule has 57 heavy (non-hydrogen) atoms. The van der Waals surface area contributed by atoms with Crippen LogP contribution >= 0.6 is 0 Å². The van der Waals surface area contributed by atoms with Crippen LogP contribution in [0.3, 0.4) is 0 Å². The summed E-state index contributed by atoms with van der Waals surface area (Å²) in [6.45, 7) is 13.9. The Bertz CT molecular complexity index is 3060. The molecule has 0 saturated heterocycles. The third-order valence-electron chi connectivity index (χ3n) is 10.4. The number of nitrogens with zero attached hydrogens (tertiary/aromatic N) is 3. The van der Waals surface area contributed by atoms with Crippen LogP contribution in [0.4, 0.5) is 0 Å². The van der Waals surface area contributed by atoms with Gasteiger partial charge in [0.2, 0.25) is 0 Å². The maximum absolute atomic E-state index is 6.40. The van der Waals surface area contributed by atoms with Gasteiger partial charge in [-0.3, -0.25) is 4.98 Å². The monoisotopic (exact) mass is 938 g/mol. The fourth-order valence-corrected chi connectivity index (χ4v) is 9.45. The predicted octanol–water partition coefficient (Wildman–Crippen LogP) is 12.9. The Morgan fingerprint density at radius 1 is 0.702 bits per heavy atom. The molecule has 0 spiro atoms. The van der Waals surface area contributed by atoms with Crippen molar-refractivity contribution < 1.29 is 28.9 Å².